The third kappa shape index (κ3) is 4.09. The van der Waals surface area contributed by atoms with Gasteiger partial charge < -0.3 is 14.6 Å². The van der Waals surface area contributed by atoms with Gasteiger partial charge in [-0.25, -0.2) is 4.98 Å². The van der Waals surface area contributed by atoms with Crippen LogP contribution in [-0.4, -0.2) is 43.1 Å². The van der Waals surface area contributed by atoms with E-state index >= 15 is 0 Å². The molecule has 1 aliphatic rings. The molecule has 0 spiro atoms. The summed E-state index contributed by atoms with van der Waals surface area (Å²) in [5, 5.41) is 8.04. The highest BCUT2D eigenvalue weighted by molar-refractivity contribution is 5.94. The summed E-state index contributed by atoms with van der Waals surface area (Å²) in [6, 6.07) is 18.2. The second-order valence-electron chi connectivity index (χ2n) is 7.91. The lowest BCUT2D eigenvalue weighted by molar-refractivity contribution is 0.0786. The number of carbonyl (C=O) groups is 1. The van der Waals surface area contributed by atoms with E-state index in [0.717, 1.165) is 37.3 Å². The van der Waals surface area contributed by atoms with Crippen LogP contribution < -0.4 is 5.32 Å². The van der Waals surface area contributed by atoms with Crippen LogP contribution in [0.2, 0.25) is 0 Å². The Kier molecular flexibility index (Phi) is 5.50. The first-order chi connectivity index (χ1) is 15.3. The normalized spacial score (nSPS) is 14.9. The fraction of sp³-hybridized carbons (Fsp3) is 0.292. The maximum atomic E-state index is 13.2. The predicted molar refractivity (Wildman–Crippen MR) is 119 cm³/mol. The van der Waals surface area contributed by atoms with Crippen molar-refractivity contribution in [3.05, 3.63) is 90.1 Å². The van der Waals surface area contributed by atoms with Crippen molar-refractivity contribution in [3.8, 4) is 0 Å². The minimum absolute atomic E-state index is 0.0290. The van der Waals surface area contributed by atoms with Gasteiger partial charge in [0.25, 0.3) is 5.91 Å². The standard InChI is InChI=1S/C24H26N6O/c31-24(28-13-6-7-14-28)23-21(30-16-5-4-11-22(30)27-23)17-25-20(18-29-15-8-12-26-29)19-9-2-1-3-10-19/h1-5,8-12,15-16,20,25H,6-7,13-14,17-18H2. The van der Waals surface area contributed by atoms with Gasteiger partial charge in [-0.2, -0.15) is 5.10 Å². The Morgan fingerprint density at radius 3 is 2.58 bits per heavy atom. The highest BCUT2D eigenvalue weighted by atomic mass is 16.2. The van der Waals surface area contributed by atoms with Crippen LogP contribution in [0.3, 0.4) is 0 Å². The molecule has 3 aromatic heterocycles. The molecule has 1 fully saturated rings. The molecule has 1 aromatic carbocycles. The van der Waals surface area contributed by atoms with Crippen LogP contribution in [0.4, 0.5) is 0 Å². The molecule has 1 aliphatic heterocycles. The molecule has 4 aromatic rings. The highest BCUT2D eigenvalue weighted by Crippen LogP contribution is 2.20. The molecule has 1 atom stereocenters. The number of likely N-dealkylation sites (tertiary alicyclic amines) is 1. The number of hydrogen-bond acceptors (Lipinski definition) is 4. The molecule has 7 nitrogen and oxygen atoms in total. The minimum atomic E-state index is 0.0290. The first-order valence-electron chi connectivity index (χ1n) is 10.8. The molecule has 158 valence electrons. The van der Waals surface area contributed by atoms with Gasteiger partial charge in [-0.15, -0.1) is 0 Å². The lowest BCUT2D eigenvalue weighted by Gasteiger charge is -2.20. The van der Waals surface area contributed by atoms with Crippen molar-refractivity contribution < 1.29 is 4.79 Å². The van der Waals surface area contributed by atoms with Crippen LogP contribution in [0.5, 0.6) is 0 Å². The van der Waals surface area contributed by atoms with Crippen LogP contribution in [0, 0.1) is 0 Å². The van der Waals surface area contributed by atoms with Gasteiger partial charge in [-0.3, -0.25) is 9.48 Å². The monoisotopic (exact) mass is 414 g/mol. The van der Waals surface area contributed by atoms with E-state index in [1.165, 1.54) is 5.56 Å². The molecule has 0 saturated carbocycles. The average Bonchev–Trinajstić information content (AvgIpc) is 3.58. The van der Waals surface area contributed by atoms with Crippen molar-refractivity contribution in [2.75, 3.05) is 13.1 Å². The number of pyridine rings is 1. The van der Waals surface area contributed by atoms with E-state index in [9.17, 15) is 4.79 Å². The Labute approximate surface area is 181 Å². The number of carbonyl (C=O) groups excluding carboxylic acids is 1. The van der Waals surface area contributed by atoms with Gasteiger partial charge in [0.15, 0.2) is 5.69 Å². The van der Waals surface area contributed by atoms with E-state index in [2.05, 4.69) is 22.5 Å². The predicted octanol–water partition coefficient (Wildman–Crippen LogP) is 3.30. The highest BCUT2D eigenvalue weighted by Gasteiger charge is 2.26. The third-order valence-electron chi connectivity index (χ3n) is 5.87. The first kappa shape index (κ1) is 19.5. The maximum Gasteiger partial charge on any atom is 0.274 e. The van der Waals surface area contributed by atoms with Crippen LogP contribution in [0.15, 0.2) is 73.2 Å². The molecule has 31 heavy (non-hydrogen) atoms. The average molecular weight is 415 g/mol. The van der Waals surface area contributed by atoms with E-state index in [0.29, 0.717) is 18.8 Å². The van der Waals surface area contributed by atoms with E-state index in [-0.39, 0.29) is 11.9 Å². The summed E-state index contributed by atoms with van der Waals surface area (Å²) in [4.78, 5) is 19.8. The molecule has 1 unspecified atom stereocenters. The van der Waals surface area contributed by atoms with Gasteiger partial charge in [0.05, 0.1) is 18.3 Å². The molecule has 4 heterocycles. The summed E-state index contributed by atoms with van der Waals surface area (Å²) >= 11 is 0. The van der Waals surface area contributed by atoms with Gasteiger partial charge in [0.1, 0.15) is 5.65 Å². The first-order valence-corrected chi connectivity index (χ1v) is 10.8. The number of nitrogens with zero attached hydrogens (tertiary/aromatic N) is 5. The molecule has 5 rings (SSSR count). The maximum absolute atomic E-state index is 13.2. The number of rotatable bonds is 7. The van der Waals surface area contributed by atoms with Crippen LogP contribution in [-0.2, 0) is 13.1 Å². The van der Waals surface area contributed by atoms with Gasteiger partial charge >= 0.3 is 0 Å². The fourth-order valence-electron chi connectivity index (χ4n) is 4.25. The Bertz CT molecular complexity index is 1150. The van der Waals surface area contributed by atoms with Gasteiger partial charge in [0, 0.05) is 38.2 Å². The number of fused-ring (bicyclic) bond motifs is 1. The largest absolute Gasteiger partial charge is 0.337 e. The zero-order valence-electron chi connectivity index (χ0n) is 17.4. The van der Waals surface area contributed by atoms with Crippen molar-refractivity contribution in [1.82, 2.24) is 29.4 Å². The Morgan fingerprint density at radius 1 is 1.00 bits per heavy atom. The number of aromatic nitrogens is 4. The topological polar surface area (TPSA) is 67.5 Å². The minimum Gasteiger partial charge on any atom is -0.337 e. The Morgan fingerprint density at radius 2 is 1.81 bits per heavy atom. The molecule has 1 N–H and O–H groups in total. The Balaban J connectivity index is 1.45. The summed E-state index contributed by atoms with van der Waals surface area (Å²) in [6.07, 6.45) is 7.86. The van der Waals surface area contributed by atoms with Crippen molar-refractivity contribution >= 4 is 11.6 Å². The second kappa shape index (κ2) is 8.73. The zero-order chi connectivity index (χ0) is 21.0. The van der Waals surface area contributed by atoms with Gasteiger partial charge in [0.2, 0.25) is 0 Å². The van der Waals surface area contributed by atoms with Crippen LogP contribution in [0.25, 0.3) is 5.65 Å². The summed E-state index contributed by atoms with van der Waals surface area (Å²) < 4.78 is 3.95. The molecular formula is C24H26N6O. The van der Waals surface area contributed by atoms with Crippen LogP contribution >= 0.6 is 0 Å². The molecule has 1 saturated heterocycles. The molecular weight excluding hydrogens is 388 g/mol. The zero-order valence-corrected chi connectivity index (χ0v) is 17.4. The van der Waals surface area contributed by atoms with Crippen molar-refractivity contribution in [2.24, 2.45) is 0 Å². The third-order valence-corrected chi connectivity index (χ3v) is 5.87. The molecule has 7 heteroatoms. The lowest BCUT2D eigenvalue weighted by Crippen LogP contribution is -2.31. The Hall–Kier alpha value is -3.45. The van der Waals surface area contributed by atoms with Crippen molar-refractivity contribution in [3.63, 3.8) is 0 Å². The second-order valence-corrected chi connectivity index (χ2v) is 7.91. The van der Waals surface area contributed by atoms with E-state index in [1.807, 2.05) is 68.8 Å². The van der Waals surface area contributed by atoms with E-state index in [4.69, 9.17) is 4.98 Å². The molecule has 1 amide bonds. The summed E-state index contributed by atoms with van der Waals surface area (Å²) in [5.74, 6) is 0.0290. The lowest BCUT2D eigenvalue weighted by atomic mass is 10.1. The molecule has 0 bridgehead atoms. The number of imidazole rings is 1. The number of amides is 1. The summed E-state index contributed by atoms with van der Waals surface area (Å²) in [7, 11) is 0. The van der Waals surface area contributed by atoms with Gasteiger partial charge in [-0.05, 0) is 36.6 Å². The van der Waals surface area contributed by atoms with E-state index < -0.39 is 0 Å². The quantitative estimate of drug-likeness (QED) is 0.504. The number of nitrogens with one attached hydrogen (secondary N) is 1. The smallest absolute Gasteiger partial charge is 0.274 e. The van der Waals surface area contributed by atoms with Crippen LogP contribution in [0.1, 0.15) is 40.6 Å². The van der Waals surface area contributed by atoms with Gasteiger partial charge in [-0.1, -0.05) is 36.4 Å². The fourth-order valence-corrected chi connectivity index (χ4v) is 4.25. The van der Waals surface area contributed by atoms with Crippen molar-refractivity contribution in [1.29, 1.82) is 0 Å². The van der Waals surface area contributed by atoms with E-state index in [1.54, 1.807) is 6.20 Å². The molecule has 0 radical (unpaired) electrons. The number of benzene rings is 1. The number of hydrogen-bond donors (Lipinski definition) is 1. The molecule has 0 aliphatic carbocycles. The summed E-state index contributed by atoms with van der Waals surface area (Å²) in [6.45, 7) is 2.85. The summed E-state index contributed by atoms with van der Waals surface area (Å²) in [5.41, 5.74) is 3.42. The van der Waals surface area contributed by atoms with Crippen molar-refractivity contribution in [2.45, 2.75) is 32.0 Å². The SMILES string of the molecule is O=C(c1nc2ccccn2c1CNC(Cn1cccn1)c1ccccc1)N1CCCC1.